The van der Waals surface area contributed by atoms with Gasteiger partial charge in [0.05, 0.1) is 0 Å². The number of aliphatic hydroxyl groups excluding tert-OH is 1. The molecule has 1 aromatic heterocycles. The number of amides is 1. The van der Waals surface area contributed by atoms with Gasteiger partial charge in [-0.3, -0.25) is 9.89 Å². The molecule has 1 amide bonds. The quantitative estimate of drug-likeness (QED) is 0.751. The van der Waals surface area contributed by atoms with Crippen LogP contribution in [0.5, 0.6) is 0 Å². The lowest BCUT2D eigenvalue weighted by molar-refractivity contribution is 0.0945. The van der Waals surface area contributed by atoms with E-state index < -0.39 is 0 Å². The van der Waals surface area contributed by atoms with Crippen molar-refractivity contribution < 1.29 is 9.90 Å². The van der Waals surface area contributed by atoms with Crippen LogP contribution < -0.4 is 5.32 Å². The van der Waals surface area contributed by atoms with E-state index in [1.54, 1.807) is 12.1 Å². The Hall–Kier alpha value is -2.21. The van der Waals surface area contributed by atoms with E-state index in [4.69, 9.17) is 5.11 Å². The lowest BCUT2D eigenvalue weighted by atomic mass is 10.1. The Morgan fingerprint density at radius 2 is 2.10 bits per heavy atom. The topological polar surface area (TPSA) is 90.9 Å². The maximum Gasteiger partial charge on any atom is 0.251 e. The maximum atomic E-state index is 12.0. The first kappa shape index (κ1) is 15.2. The number of nitrogens with one attached hydrogen (secondary N) is 2. The zero-order valence-electron chi connectivity index (χ0n) is 12.3. The molecule has 6 nitrogen and oxygen atoms in total. The lowest BCUT2D eigenvalue weighted by Gasteiger charge is -2.11. The molecule has 0 fully saturated rings. The number of rotatable bonds is 6. The van der Waals surface area contributed by atoms with Crippen molar-refractivity contribution in [1.82, 2.24) is 20.5 Å². The van der Waals surface area contributed by atoms with Crippen molar-refractivity contribution in [3.05, 3.63) is 35.7 Å². The molecule has 21 heavy (non-hydrogen) atoms. The number of benzene rings is 1. The molecule has 2 rings (SSSR count). The first-order valence-corrected chi connectivity index (χ1v) is 6.98. The van der Waals surface area contributed by atoms with E-state index in [-0.39, 0.29) is 18.4 Å². The fourth-order valence-electron chi connectivity index (χ4n) is 1.93. The van der Waals surface area contributed by atoms with Gasteiger partial charge in [-0.1, -0.05) is 19.1 Å². The summed E-state index contributed by atoms with van der Waals surface area (Å²) in [5.41, 5.74) is 1.46. The third kappa shape index (κ3) is 4.13. The largest absolute Gasteiger partial charge is 0.396 e. The third-order valence-electron chi connectivity index (χ3n) is 3.24. The fourth-order valence-corrected chi connectivity index (χ4v) is 1.93. The van der Waals surface area contributed by atoms with Crippen molar-refractivity contribution >= 4 is 5.91 Å². The van der Waals surface area contributed by atoms with Crippen LogP contribution in [0.1, 0.15) is 29.5 Å². The summed E-state index contributed by atoms with van der Waals surface area (Å²) in [6.07, 6.45) is 0.684. The molecule has 3 N–H and O–H groups in total. The standard InChI is InChI=1S/C15H20N4O2/c1-10(7-8-20)9-16-15(21)13-5-3-12(4-6-13)14-17-11(2)18-19-14/h3-6,10,20H,7-9H2,1-2H3,(H,16,21)(H,17,18,19). The molecule has 2 aromatic rings. The van der Waals surface area contributed by atoms with Crippen LogP contribution in [0.3, 0.4) is 0 Å². The first-order valence-electron chi connectivity index (χ1n) is 6.98. The van der Waals surface area contributed by atoms with Crippen LogP contribution in [0, 0.1) is 12.8 Å². The highest BCUT2D eigenvalue weighted by Gasteiger charge is 2.09. The van der Waals surface area contributed by atoms with Gasteiger partial charge in [-0.05, 0) is 31.4 Å². The van der Waals surface area contributed by atoms with Crippen LogP contribution in [0.25, 0.3) is 11.4 Å². The van der Waals surface area contributed by atoms with Gasteiger partial charge in [-0.2, -0.15) is 5.10 Å². The SMILES string of the molecule is Cc1nc(-c2ccc(C(=O)NCC(C)CCO)cc2)n[nH]1. The Morgan fingerprint density at radius 1 is 1.38 bits per heavy atom. The van der Waals surface area contributed by atoms with E-state index in [1.807, 2.05) is 26.0 Å². The minimum absolute atomic E-state index is 0.113. The highest BCUT2D eigenvalue weighted by Crippen LogP contribution is 2.15. The number of aliphatic hydroxyl groups is 1. The normalized spacial score (nSPS) is 12.1. The monoisotopic (exact) mass is 288 g/mol. The Kier molecular flexibility index (Phi) is 5.05. The van der Waals surface area contributed by atoms with Crippen LogP contribution in [-0.2, 0) is 0 Å². The third-order valence-corrected chi connectivity index (χ3v) is 3.24. The number of carbonyl (C=O) groups excluding carboxylic acids is 1. The van der Waals surface area contributed by atoms with Crippen LogP contribution in [0.2, 0.25) is 0 Å². The number of hydrogen-bond donors (Lipinski definition) is 3. The fraction of sp³-hybridized carbons (Fsp3) is 0.400. The molecular formula is C15H20N4O2. The number of aromatic nitrogens is 3. The smallest absolute Gasteiger partial charge is 0.251 e. The summed E-state index contributed by atoms with van der Waals surface area (Å²) in [5, 5.41) is 18.6. The van der Waals surface area contributed by atoms with Crippen molar-refractivity contribution in [2.75, 3.05) is 13.2 Å². The van der Waals surface area contributed by atoms with Crippen molar-refractivity contribution in [3.8, 4) is 11.4 Å². The van der Waals surface area contributed by atoms with Crippen LogP contribution in [-0.4, -0.2) is 39.3 Å². The molecule has 1 unspecified atom stereocenters. The molecule has 0 spiro atoms. The van der Waals surface area contributed by atoms with Crippen molar-refractivity contribution in [2.45, 2.75) is 20.3 Å². The summed E-state index contributed by atoms with van der Waals surface area (Å²) >= 11 is 0. The molecule has 0 saturated heterocycles. The van der Waals surface area contributed by atoms with Gasteiger partial charge in [0.2, 0.25) is 0 Å². The van der Waals surface area contributed by atoms with E-state index >= 15 is 0 Å². The minimum atomic E-state index is -0.113. The molecule has 6 heteroatoms. The van der Waals surface area contributed by atoms with E-state index in [0.29, 0.717) is 24.4 Å². The molecule has 1 atom stereocenters. The van der Waals surface area contributed by atoms with Gasteiger partial charge >= 0.3 is 0 Å². The Balaban J connectivity index is 1.97. The number of H-pyrrole nitrogens is 1. The summed E-state index contributed by atoms with van der Waals surface area (Å²) < 4.78 is 0. The van der Waals surface area contributed by atoms with Gasteiger partial charge in [0.25, 0.3) is 5.91 Å². The molecular weight excluding hydrogens is 268 g/mol. The number of aryl methyl sites for hydroxylation is 1. The summed E-state index contributed by atoms with van der Waals surface area (Å²) in [6.45, 7) is 4.53. The predicted octanol–water partition coefficient (Wildman–Crippen LogP) is 1.53. The molecule has 0 radical (unpaired) electrons. The van der Waals surface area contributed by atoms with E-state index in [9.17, 15) is 4.79 Å². The molecule has 0 bridgehead atoms. The summed E-state index contributed by atoms with van der Waals surface area (Å²) in [5.74, 6) is 1.52. The Bertz CT molecular complexity index is 592. The highest BCUT2D eigenvalue weighted by molar-refractivity contribution is 5.94. The first-order chi connectivity index (χ1) is 10.1. The van der Waals surface area contributed by atoms with Crippen LogP contribution in [0.15, 0.2) is 24.3 Å². The number of hydrogen-bond acceptors (Lipinski definition) is 4. The number of aromatic amines is 1. The summed E-state index contributed by atoms with van der Waals surface area (Å²) in [4.78, 5) is 16.2. The van der Waals surface area contributed by atoms with E-state index in [2.05, 4.69) is 20.5 Å². The average molecular weight is 288 g/mol. The minimum Gasteiger partial charge on any atom is -0.396 e. The molecule has 0 aliphatic carbocycles. The van der Waals surface area contributed by atoms with Crippen molar-refractivity contribution in [2.24, 2.45) is 5.92 Å². The zero-order valence-corrected chi connectivity index (χ0v) is 12.3. The van der Waals surface area contributed by atoms with E-state index in [1.165, 1.54) is 0 Å². The predicted molar refractivity (Wildman–Crippen MR) is 79.8 cm³/mol. The van der Waals surface area contributed by atoms with Crippen molar-refractivity contribution in [1.29, 1.82) is 0 Å². The van der Waals surface area contributed by atoms with Gasteiger partial charge < -0.3 is 10.4 Å². The average Bonchev–Trinajstić information content (AvgIpc) is 2.92. The Labute approximate surface area is 123 Å². The van der Waals surface area contributed by atoms with Gasteiger partial charge in [0.1, 0.15) is 5.82 Å². The second kappa shape index (κ2) is 6.99. The maximum absolute atomic E-state index is 12.0. The second-order valence-corrected chi connectivity index (χ2v) is 5.15. The van der Waals surface area contributed by atoms with Gasteiger partial charge in [-0.15, -0.1) is 0 Å². The highest BCUT2D eigenvalue weighted by atomic mass is 16.3. The molecule has 1 aromatic carbocycles. The van der Waals surface area contributed by atoms with Crippen molar-refractivity contribution in [3.63, 3.8) is 0 Å². The van der Waals surface area contributed by atoms with Gasteiger partial charge in [-0.25, -0.2) is 4.98 Å². The number of nitrogens with zero attached hydrogens (tertiary/aromatic N) is 2. The molecule has 0 aliphatic rings. The second-order valence-electron chi connectivity index (χ2n) is 5.15. The lowest BCUT2D eigenvalue weighted by Crippen LogP contribution is -2.28. The molecule has 0 aliphatic heterocycles. The summed E-state index contributed by atoms with van der Waals surface area (Å²) in [7, 11) is 0. The summed E-state index contributed by atoms with van der Waals surface area (Å²) in [6, 6.07) is 7.17. The molecule has 112 valence electrons. The molecule has 1 heterocycles. The van der Waals surface area contributed by atoms with E-state index in [0.717, 1.165) is 11.4 Å². The van der Waals surface area contributed by atoms with Gasteiger partial charge in [0, 0.05) is 24.3 Å². The van der Waals surface area contributed by atoms with Crippen LogP contribution >= 0.6 is 0 Å². The van der Waals surface area contributed by atoms with Crippen LogP contribution in [0.4, 0.5) is 0 Å². The Morgan fingerprint density at radius 3 is 2.67 bits per heavy atom. The van der Waals surface area contributed by atoms with Gasteiger partial charge in [0.15, 0.2) is 5.82 Å². The zero-order chi connectivity index (χ0) is 15.2. The molecule has 0 saturated carbocycles. The number of carbonyl (C=O) groups is 1.